The summed E-state index contributed by atoms with van der Waals surface area (Å²) in [6.45, 7) is 1.93. The molecule has 1 N–H and O–H groups in total. The molecule has 0 amide bonds. The maximum absolute atomic E-state index is 13.1. The Morgan fingerprint density at radius 2 is 1.72 bits per heavy atom. The van der Waals surface area contributed by atoms with E-state index >= 15 is 0 Å². The molecule has 0 saturated carbocycles. The predicted molar refractivity (Wildman–Crippen MR) is 95.3 cm³/mol. The maximum atomic E-state index is 13.1. The van der Waals surface area contributed by atoms with E-state index in [4.69, 9.17) is 0 Å². The topological polar surface area (TPSA) is 49.4 Å². The summed E-state index contributed by atoms with van der Waals surface area (Å²) in [7, 11) is -1.56. The van der Waals surface area contributed by atoms with Crippen molar-refractivity contribution in [3.8, 4) is 0 Å². The first kappa shape index (κ1) is 16.5. The minimum absolute atomic E-state index is 0.124. The molecule has 0 aromatic heterocycles. The fraction of sp³-hybridized carbons (Fsp3) is 0.368. The monoisotopic (exact) mass is 360 g/mol. The van der Waals surface area contributed by atoms with E-state index in [0.717, 1.165) is 37.2 Å². The van der Waals surface area contributed by atoms with Gasteiger partial charge in [0.25, 0.3) is 0 Å². The van der Waals surface area contributed by atoms with Gasteiger partial charge in [0.05, 0.1) is 9.79 Å². The van der Waals surface area contributed by atoms with Crippen LogP contribution in [0, 0.1) is 5.82 Å². The fourth-order valence-corrected chi connectivity index (χ4v) is 5.39. The summed E-state index contributed by atoms with van der Waals surface area (Å²) in [6.07, 6.45) is 2.05. The average molecular weight is 360 g/mol. The Morgan fingerprint density at radius 3 is 2.48 bits per heavy atom. The number of fused-ring (bicyclic) bond motifs is 3. The molecule has 2 aromatic carbocycles. The van der Waals surface area contributed by atoms with Gasteiger partial charge in [0, 0.05) is 24.7 Å². The summed E-state index contributed by atoms with van der Waals surface area (Å²) in [6, 6.07) is 10.8. The zero-order valence-corrected chi connectivity index (χ0v) is 14.9. The van der Waals surface area contributed by atoms with Gasteiger partial charge in [0.15, 0.2) is 0 Å². The zero-order chi connectivity index (χ0) is 17.6. The molecule has 0 bridgehead atoms. The number of nitrogens with zero attached hydrogens (tertiary/aromatic N) is 1. The van der Waals surface area contributed by atoms with Crippen molar-refractivity contribution in [1.82, 2.24) is 5.32 Å². The van der Waals surface area contributed by atoms with Gasteiger partial charge in [-0.25, -0.2) is 12.8 Å². The van der Waals surface area contributed by atoms with E-state index in [1.165, 1.54) is 24.3 Å². The molecule has 1 fully saturated rings. The summed E-state index contributed by atoms with van der Waals surface area (Å²) >= 11 is 0. The van der Waals surface area contributed by atoms with E-state index < -0.39 is 15.7 Å². The maximum Gasteiger partial charge on any atom is 0.206 e. The molecule has 6 heteroatoms. The molecule has 0 aliphatic carbocycles. The van der Waals surface area contributed by atoms with Crippen molar-refractivity contribution in [1.29, 1.82) is 0 Å². The minimum atomic E-state index is -3.64. The Balaban J connectivity index is 1.77. The summed E-state index contributed by atoms with van der Waals surface area (Å²) in [4.78, 5) is 2.68. The third-order valence-electron chi connectivity index (χ3n) is 5.42. The molecule has 4 rings (SSSR count). The molecular weight excluding hydrogens is 339 g/mol. The molecule has 0 spiro atoms. The van der Waals surface area contributed by atoms with Gasteiger partial charge in [0.1, 0.15) is 5.82 Å². The molecule has 2 atom stereocenters. The Kier molecular flexibility index (Phi) is 4.04. The first-order valence-corrected chi connectivity index (χ1v) is 10.0. The van der Waals surface area contributed by atoms with Crippen LogP contribution in [0.4, 0.5) is 10.1 Å². The molecule has 2 aromatic rings. The van der Waals surface area contributed by atoms with Crippen molar-refractivity contribution in [3.63, 3.8) is 0 Å². The van der Waals surface area contributed by atoms with Crippen molar-refractivity contribution in [2.24, 2.45) is 0 Å². The van der Waals surface area contributed by atoms with Crippen LogP contribution in [-0.4, -0.2) is 34.6 Å². The number of halogens is 1. The highest BCUT2D eigenvalue weighted by Crippen LogP contribution is 2.44. The number of nitrogens with one attached hydrogen (secondary N) is 1. The molecule has 2 heterocycles. The smallest absolute Gasteiger partial charge is 0.206 e. The van der Waals surface area contributed by atoms with Crippen LogP contribution in [0.2, 0.25) is 0 Å². The number of hydrogen-bond donors (Lipinski definition) is 1. The lowest BCUT2D eigenvalue weighted by atomic mass is 9.91. The standard InChI is InChI=1S/C19H21FN2O2S/c1-22-18-7-6-15(25(23,24)14-4-2-13(20)3-5-14)12-17(18)16-8-10-21-11-9-19(16)22/h2-7,12,16,19,21H,8-11H2,1H3/t16-,19?/m1/s1. The minimum Gasteiger partial charge on any atom is -0.371 e. The summed E-state index contributed by atoms with van der Waals surface area (Å²) in [5.74, 6) is -0.0957. The molecule has 2 aliphatic rings. The molecule has 1 unspecified atom stereocenters. The SMILES string of the molecule is CN1c2ccc(S(=O)(=O)c3ccc(F)cc3)cc2[C@H]2CCNCCC21. The predicted octanol–water partition coefficient (Wildman–Crippen LogP) is 2.94. The molecule has 2 aliphatic heterocycles. The van der Waals surface area contributed by atoms with Crippen molar-refractivity contribution >= 4 is 15.5 Å². The van der Waals surface area contributed by atoms with Crippen LogP contribution >= 0.6 is 0 Å². The van der Waals surface area contributed by atoms with E-state index in [-0.39, 0.29) is 9.79 Å². The summed E-state index contributed by atoms with van der Waals surface area (Å²) < 4.78 is 38.9. The lowest BCUT2D eigenvalue weighted by Crippen LogP contribution is -2.30. The first-order chi connectivity index (χ1) is 12.0. The van der Waals surface area contributed by atoms with Crippen LogP contribution in [0.5, 0.6) is 0 Å². The van der Waals surface area contributed by atoms with Gasteiger partial charge in [-0.15, -0.1) is 0 Å². The fourth-order valence-electron chi connectivity index (χ4n) is 4.10. The molecular formula is C19H21FN2O2S. The highest BCUT2D eigenvalue weighted by atomic mass is 32.2. The number of sulfone groups is 1. The van der Waals surface area contributed by atoms with Gasteiger partial charge in [-0.1, -0.05) is 0 Å². The molecule has 0 radical (unpaired) electrons. The highest BCUT2D eigenvalue weighted by Gasteiger charge is 2.37. The zero-order valence-electron chi connectivity index (χ0n) is 14.1. The third kappa shape index (κ3) is 2.73. The quantitative estimate of drug-likeness (QED) is 0.837. The summed E-state index contributed by atoms with van der Waals surface area (Å²) in [5, 5.41) is 3.42. The third-order valence-corrected chi connectivity index (χ3v) is 7.19. The van der Waals surface area contributed by atoms with Crippen LogP contribution in [0.1, 0.15) is 24.3 Å². The number of rotatable bonds is 2. The molecule has 132 valence electrons. The first-order valence-electron chi connectivity index (χ1n) is 8.56. The second-order valence-corrected chi connectivity index (χ2v) is 8.74. The Labute approximate surface area is 147 Å². The molecule has 4 nitrogen and oxygen atoms in total. The Morgan fingerprint density at radius 1 is 1.04 bits per heavy atom. The Hall–Kier alpha value is -1.92. The number of benzene rings is 2. The van der Waals surface area contributed by atoms with E-state index in [2.05, 4.69) is 17.3 Å². The lowest BCUT2D eigenvalue weighted by molar-refractivity contribution is 0.531. The van der Waals surface area contributed by atoms with Crippen LogP contribution in [-0.2, 0) is 9.84 Å². The van der Waals surface area contributed by atoms with Gasteiger partial charge in [0.2, 0.25) is 9.84 Å². The molecule has 1 saturated heterocycles. The van der Waals surface area contributed by atoms with Gasteiger partial charge >= 0.3 is 0 Å². The number of hydrogen-bond acceptors (Lipinski definition) is 4. The normalized spacial score (nSPS) is 23.0. The van der Waals surface area contributed by atoms with Crippen LogP contribution in [0.15, 0.2) is 52.3 Å². The van der Waals surface area contributed by atoms with Crippen LogP contribution in [0.3, 0.4) is 0 Å². The lowest BCUT2D eigenvalue weighted by Gasteiger charge is -2.24. The van der Waals surface area contributed by atoms with Gasteiger partial charge in [-0.2, -0.15) is 0 Å². The van der Waals surface area contributed by atoms with Crippen molar-refractivity contribution in [3.05, 3.63) is 53.8 Å². The van der Waals surface area contributed by atoms with E-state index in [1.807, 2.05) is 12.1 Å². The Bertz CT molecular complexity index is 896. The summed E-state index contributed by atoms with van der Waals surface area (Å²) in [5.41, 5.74) is 2.23. The van der Waals surface area contributed by atoms with Gasteiger partial charge < -0.3 is 10.2 Å². The number of likely N-dealkylation sites (N-methyl/N-ethyl adjacent to an activating group) is 1. The van der Waals surface area contributed by atoms with Crippen LogP contribution in [0.25, 0.3) is 0 Å². The van der Waals surface area contributed by atoms with Crippen molar-refractivity contribution in [2.75, 3.05) is 25.0 Å². The average Bonchev–Trinajstić information content (AvgIpc) is 2.78. The van der Waals surface area contributed by atoms with E-state index in [1.54, 1.807) is 6.07 Å². The van der Waals surface area contributed by atoms with Gasteiger partial charge in [-0.3, -0.25) is 0 Å². The second-order valence-electron chi connectivity index (χ2n) is 6.79. The van der Waals surface area contributed by atoms with Gasteiger partial charge in [-0.05, 0) is 74.0 Å². The molecule has 25 heavy (non-hydrogen) atoms. The van der Waals surface area contributed by atoms with E-state index in [9.17, 15) is 12.8 Å². The van der Waals surface area contributed by atoms with Crippen molar-refractivity contribution < 1.29 is 12.8 Å². The van der Waals surface area contributed by atoms with E-state index in [0.29, 0.717) is 12.0 Å². The second kappa shape index (κ2) is 6.11. The number of anilines is 1. The largest absolute Gasteiger partial charge is 0.371 e. The van der Waals surface area contributed by atoms with Crippen LogP contribution < -0.4 is 10.2 Å². The van der Waals surface area contributed by atoms with Crippen molar-refractivity contribution in [2.45, 2.75) is 34.6 Å². The highest BCUT2D eigenvalue weighted by molar-refractivity contribution is 7.91.